The lowest BCUT2D eigenvalue weighted by Gasteiger charge is -2.12. The van der Waals surface area contributed by atoms with Crippen molar-refractivity contribution in [1.29, 1.82) is 0 Å². The number of hydrogen-bond acceptors (Lipinski definition) is 2. The van der Waals surface area contributed by atoms with Crippen LogP contribution in [0.5, 0.6) is 0 Å². The molecule has 1 atom stereocenters. The van der Waals surface area contributed by atoms with E-state index >= 15 is 0 Å². The third kappa shape index (κ3) is 3.80. The number of benzene rings is 2. The molecule has 2 aromatic rings. The van der Waals surface area contributed by atoms with Crippen molar-refractivity contribution in [2.75, 3.05) is 13.7 Å². The van der Waals surface area contributed by atoms with Gasteiger partial charge in [0.2, 0.25) is 0 Å². The van der Waals surface area contributed by atoms with E-state index in [0.717, 1.165) is 17.5 Å². The van der Waals surface area contributed by atoms with Gasteiger partial charge in [0.25, 0.3) is 0 Å². The summed E-state index contributed by atoms with van der Waals surface area (Å²) in [6.45, 7) is 0.707. The summed E-state index contributed by atoms with van der Waals surface area (Å²) in [6.07, 6.45) is 0.266. The number of aliphatic hydroxyl groups excluding tert-OH is 1. The molecule has 0 aliphatic heterocycles. The fourth-order valence-corrected chi connectivity index (χ4v) is 2.05. The highest BCUT2D eigenvalue weighted by atomic mass is 35.5. The zero-order chi connectivity index (χ0) is 13.7. The first kappa shape index (κ1) is 14.1. The second-order valence-corrected chi connectivity index (χ2v) is 4.87. The molecule has 1 N–H and O–H groups in total. The van der Waals surface area contributed by atoms with Gasteiger partial charge >= 0.3 is 0 Å². The Labute approximate surface area is 118 Å². The first-order valence-electron chi connectivity index (χ1n) is 6.22. The largest absolute Gasteiger partial charge is 0.384 e. The maximum atomic E-state index is 10.3. The van der Waals surface area contributed by atoms with Crippen LogP contribution >= 0.6 is 11.6 Å². The second kappa shape index (κ2) is 6.71. The molecule has 2 nitrogen and oxygen atoms in total. The molecule has 100 valence electrons. The van der Waals surface area contributed by atoms with Crippen LogP contribution in [0.1, 0.15) is 22.8 Å². The SMILES string of the molecule is COCCc1ccc(C(O)c2ccc(Cl)cc2)cc1. The first-order valence-corrected chi connectivity index (χ1v) is 6.60. The molecule has 2 rings (SSSR count). The summed E-state index contributed by atoms with van der Waals surface area (Å²) < 4.78 is 5.04. The summed E-state index contributed by atoms with van der Waals surface area (Å²) in [5.41, 5.74) is 2.92. The Morgan fingerprint density at radius 1 is 1.00 bits per heavy atom. The van der Waals surface area contributed by atoms with Crippen LogP contribution in [0.25, 0.3) is 0 Å². The van der Waals surface area contributed by atoms with E-state index in [0.29, 0.717) is 11.6 Å². The van der Waals surface area contributed by atoms with Crippen molar-refractivity contribution < 1.29 is 9.84 Å². The maximum absolute atomic E-state index is 10.3. The van der Waals surface area contributed by atoms with Gasteiger partial charge in [0.05, 0.1) is 6.61 Å². The van der Waals surface area contributed by atoms with Crippen molar-refractivity contribution in [2.24, 2.45) is 0 Å². The first-order chi connectivity index (χ1) is 9.20. The number of halogens is 1. The predicted molar refractivity (Wildman–Crippen MR) is 77.5 cm³/mol. The lowest BCUT2D eigenvalue weighted by atomic mass is 10.00. The van der Waals surface area contributed by atoms with Crippen molar-refractivity contribution in [3.8, 4) is 0 Å². The fraction of sp³-hybridized carbons (Fsp3) is 0.250. The van der Waals surface area contributed by atoms with E-state index in [1.54, 1.807) is 19.2 Å². The van der Waals surface area contributed by atoms with Gasteiger partial charge in [-0.1, -0.05) is 48.0 Å². The van der Waals surface area contributed by atoms with E-state index in [4.69, 9.17) is 16.3 Å². The van der Waals surface area contributed by atoms with Gasteiger partial charge in [-0.15, -0.1) is 0 Å². The van der Waals surface area contributed by atoms with Crippen LogP contribution < -0.4 is 0 Å². The summed E-state index contributed by atoms with van der Waals surface area (Å²) in [4.78, 5) is 0. The van der Waals surface area contributed by atoms with Crippen LogP contribution in [0.3, 0.4) is 0 Å². The number of rotatable bonds is 5. The van der Waals surface area contributed by atoms with Crippen LogP contribution in [0, 0.1) is 0 Å². The third-order valence-corrected chi connectivity index (χ3v) is 3.33. The van der Waals surface area contributed by atoms with Crippen molar-refractivity contribution in [1.82, 2.24) is 0 Å². The zero-order valence-corrected chi connectivity index (χ0v) is 11.6. The summed E-state index contributed by atoms with van der Waals surface area (Å²) in [5, 5.41) is 11.0. The summed E-state index contributed by atoms with van der Waals surface area (Å²) in [6, 6.07) is 15.2. The molecule has 0 bridgehead atoms. The van der Waals surface area contributed by atoms with Crippen LogP contribution in [0.15, 0.2) is 48.5 Å². The van der Waals surface area contributed by atoms with Gasteiger partial charge in [0.15, 0.2) is 0 Å². The van der Waals surface area contributed by atoms with E-state index in [2.05, 4.69) is 0 Å². The lowest BCUT2D eigenvalue weighted by Crippen LogP contribution is -2.00. The van der Waals surface area contributed by atoms with Crippen molar-refractivity contribution in [3.05, 3.63) is 70.2 Å². The normalized spacial score (nSPS) is 12.4. The van der Waals surface area contributed by atoms with Crippen LogP contribution in [-0.2, 0) is 11.2 Å². The van der Waals surface area contributed by atoms with Crippen LogP contribution in [-0.4, -0.2) is 18.8 Å². The van der Waals surface area contributed by atoms with Crippen LogP contribution in [0.2, 0.25) is 5.02 Å². The standard InChI is InChI=1S/C16H17ClO2/c1-19-11-10-12-2-4-13(5-3-12)16(18)14-6-8-15(17)9-7-14/h2-9,16,18H,10-11H2,1H3. The molecule has 3 heteroatoms. The highest BCUT2D eigenvalue weighted by Crippen LogP contribution is 2.23. The zero-order valence-electron chi connectivity index (χ0n) is 10.8. The Bertz CT molecular complexity index is 505. The maximum Gasteiger partial charge on any atom is 0.104 e. The summed E-state index contributed by atoms with van der Waals surface area (Å²) in [7, 11) is 1.69. The number of hydrogen-bond donors (Lipinski definition) is 1. The molecule has 0 amide bonds. The van der Waals surface area contributed by atoms with Gasteiger partial charge in [0, 0.05) is 12.1 Å². The molecular formula is C16H17ClO2. The minimum atomic E-state index is -0.617. The number of methoxy groups -OCH3 is 1. The Hall–Kier alpha value is -1.35. The van der Waals surface area contributed by atoms with E-state index in [-0.39, 0.29) is 0 Å². The van der Waals surface area contributed by atoms with E-state index in [9.17, 15) is 5.11 Å². The molecular weight excluding hydrogens is 260 g/mol. The van der Waals surface area contributed by atoms with Gasteiger partial charge in [-0.25, -0.2) is 0 Å². The van der Waals surface area contributed by atoms with Crippen LogP contribution in [0.4, 0.5) is 0 Å². The Morgan fingerprint density at radius 3 is 2.05 bits per heavy atom. The molecule has 0 fully saturated rings. The monoisotopic (exact) mass is 276 g/mol. The molecule has 1 unspecified atom stereocenters. The van der Waals surface area contributed by atoms with Gasteiger partial charge < -0.3 is 9.84 Å². The smallest absolute Gasteiger partial charge is 0.104 e. The van der Waals surface area contributed by atoms with Crippen molar-refractivity contribution >= 4 is 11.6 Å². The molecule has 0 heterocycles. The quantitative estimate of drug-likeness (QED) is 0.904. The topological polar surface area (TPSA) is 29.5 Å². The van der Waals surface area contributed by atoms with Crippen molar-refractivity contribution in [2.45, 2.75) is 12.5 Å². The van der Waals surface area contributed by atoms with E-state index < -0.39 is 6.10 Å². The molecule has 0 spiro atoms. The average Bonchev–Trinajstić information content (AvgIpc) is 2.46. The number of ether oxygens (including phenoxy) is 1. The number of aliphatic hydroxyl groups is 1. The third-order valence-electron chi connectivity index (χ3n) is 3.08. The molecule has 0 aromatic heterocycles. The Balaban J connectivity index is 2.10. The summed E-state index contributed by atoms with van der Waals surface area (Å²) in [5.74, 6) is 0. The molecule has 0 saturated heterocycles. The van der Waals surface area contributed by atoms with Gasteiger partial charge in [-0.2, -0.15) is 0 Å². The predicted octanol–water partition coefficient (Wildman–Crippen LogP) is 3.61. The molecule has 19 heavy (non-hydrogen) atoms. The molecule has 0 saturated carbocycles. The lowest BCUT2D eigenvalue weighted by molar-refractivity contribution is 0.202. The van der Waals surface area contributed by atoms with E-state index in [1.807, 2.05) is 36.4 Å². The highest BCUT2D eigenvalue weighted by Gasteiger charge is 2.09. The molecule has 2 aromatic carbocycles. The van der Waals surface area contributed by atoms with Crippen molar-refractivity contribution in [3.63, 3.8) is 0 Å². The highest BCUT2D eigenvalue weighted by molar-refractivity contribution is 6.30. The second-order valence-electron chi connectivity index (χ2n) is 4.44. The van der Waals surface area contributed by atoms with Gasteiger partial charge in [-0.3, -0.25) is 0 Å². The minimum absolute atomic E-state index is 0.617. The fourth-order valence-electron chi connectivity index (χ4n) is 1.92. The molecule has 0 radical (unpaired) electrons. The molecule has 0 aliphatic carbocycles. The Morgan fingerprint density at radius 2 is 1.53 bits per heavy atom. The Kier molecular flexibility index (Phi) is 4.97. The minimum Gasteiger partial charge on any atom is -0.384 e. The summed E-state index contributed by atoms with van der Waals surface area (Å²) >= 11 is 5.84. The van der Waals surface area contributed by atoms with E-state index in [1.165, 1.54) is 5.56 Å². The van der Waals surface area contributed by atoms with Gasteiger partial charge in [0.1, 0.15) is 6.10 Å². The van der Waals surface area contributed by atoms with Gasteiger partial charge in [-0.05, 0) is 35.2 Å². The average molecular weight is 277 g/mol. The molecule has 0 aliphatic rings.